The average Bonchev–Trinajstić information content (AvgIpc) is 2.43. The topological polar surface area (TPSA) is 75.6 Å². The van der Waals surface area contributed by atoms with E-state index in [2.05, 4.69) is 26.1 Å². The minimum Gasteiger partial charge on any atom is -0.464 e. The number of nitrogens with one attached hydrogen (secondary N) is 1. The van der Waals surface area contributed by atoms with Gasteiger partial charge in [-0.05, 0) is 23.5 Å². The van der Waals surface area contributed by atoms with Gasteiger partial charge in [0.1, 0.15) is 6.10 Å². The van der Waals surface area contributed by atoms with Crippen molar-refractivity contribution in [1.29, 1.82) is 0 Å². The Morgan fingerprint density at radius 1 is 1.33 bits per heavy atom. The van der Waals surface area contributed by atoms with Gasteiger partial charge in [-0.2, -0.15) is 0 Å². The van der Waals surface area contributed by atoms with Gasteiger partial charge in [0, 0.05) is 0 Å². The smallest absolute Gasteiger partial charge is 0.331 e. The zero-order chi connectivity index (χ0) is 16.0. The molecule has 0 aliphatic carbocycles. The van der Waals surface area contributed by atoms with Gasteiger partial charge in [-0.3, -0.25) is 4.79 Å². The molecule has 0 fully saturated rings. The van der Waals surface area contributed by atoms with Crippen molar-refractivity contribution >= 4 is 12.4 Å². The third-order valence-electron chi connectivity index (χ3n) is 3.22. The first-order valence-corrected chi connectivity index (χ1v) is 6.96. The van der Waals surface area contributed by atoms with E-state index in [-0.39, 0.29) is 12.0 Å². The van der Waals surface area contributed by atoms with Gasteiger partial charge in [-0.1, -0.05) is 45.0 Å². The highest BCUT2D eigenvalue weighted by molar-refractivity contribution is 5.79. The molecular weight excluding hydrogens is 270 g/mol. The van der Waals surface area contributed by atoms with Crippen LogP contribution in [0.4, 0.5) is 0 Å². The molecular formula is C16H23NO4. The molecule has 1 aromatic rings. The van der Waals surface area contributed by atoms with E-state index in [1.165, 1.54) is 0 Å². The predicted octanol–water partition coefficient (Wildman–Crippen LogP) is 1.70. The number of hydrogen-bond donors (Lipinski definition) is 2. The van der Waals surface area contributed by atoms with Gasteiger partial charge in [0.2, 0.25) is 6.41 Å². The Kier molecular flexibility index (Phi) is 5.90. The van der Waals surface area contributed by atoms with Crippen LogP contribution in [0.3, 0.4) is 0 Å². The lowest BCUT2D eigenvalue weighted by molar-refractivity contribution is -0.149. The summed E-state index contributed by atoms with van der Waals surface area (Å²) in [4.78, 5) is 22.4. The van der Waals surface area contributed by atoms with Gasteiger partial charge in [-0.15, -0.1) is 0 Å². The van der Waals surface area contributed by atoms with Gasteiger partial charge >= 0.3 is 5.97 Å². The summed E-state index contributed by atoms with van der Waals surface area (Å²) in [7, 11) is 0. The number of amides is 1. The Bertz CT molecular complexity index is 476. The third kappa shape index (κ3) is 4.56. The van der Waals surface area contributed by atoms with Crippen molar-refractivity contribution in [3.05, 3.63) is 35.4 Å². The molecule has 0 saturated heterocycles. The quantitative estimate of drug-likeness (QED) is 0.618. The maximum absolute atomic E-state index is 11.8. The molecule has 116 valence electrons. The van der Waals surface area contributed by atoms with E-state index in [9.17, 15) is 14.7 Å². The second-order valence-electron chi connectivity index (χ2n) is 5.83. The summed E-state index contributed by atoms with van der Waals surface area (Å²) in [5.41, 5.74) is 1.68. The van der Waals surface area contributed by atoms with Crippen LogP contribution in [-0.2, 0) is 19.7 Å². The Balaban J connectivity index is 2.95. The van der Waals surface area contributed by atoms with E-state index in [1.807, 2.05) is 12.1 Å². The number of carbonyl (C=O) groups excluding carboxylic acids is 2. The number of benzene rings is 1. The summed E-state index contributed by atoms with van der Waals surface area (Å²) in [6.07, 6.45) is -0.766. The molecule has 0 spiro atoms. The Labute approximate surface area is 125 Å². The molecule has 2 unspecified atom stereocenters. The van der Waals surface area contributed by atoms with E-state index in [0.717, 1.165) is 5.56 Å². The lowest BCUT2D eigenvalue weighted by atomic mass is 9.86. The van der Waals surface area contributed by atoms with Crippen molar-refractivity contribution in [2.45, 2.75) is 45.3 Å². The molecule has 21 heavy (non-hydrogen) atoms. The predicted molar refractivity (Wildman–Crippen MR) is 79.7 cm³/mol. The number of carbonyl (C=O) groups is 2. The molecule has 2 atom stereocenters. The van der Waals surface area contributed by atoms with Crippen LogP contribution in [0.2, 0.25) is 0 Å². The molecule has 1 aromatic carbocycles. The van der Waals surface area contributed by atoms with Crippen LogP contribution in [0.1, 0.15) is 44.9 Å². The molecule has 1 rings (SSSR count). The fourth-order valence-electron chi connectivity index (χ4n) is 1.97. The fourth-order valence-corrected chi connectivity index (χ4v) is 1.97. The van der Waals surface area contributed by atoms with Crippen LogP contribution in [0, 0.1) is 0 Å². The van der Waals surface area contributed by atoms with Crippen LogP contribution in [-0.4, -0.2) is 30.1 Å². The number of rotatable bonds is 6. The SMILES string of the molecule is CCOC(=O)C(NC=O)C(O)c1ccc(C(C)(C)C)cc1. The van der Waals surface area contributed by atoms with Crippen molar-refractivity contribution in [2.24, 2.45) is 0 Å². The minimum absolute atomic E-state index is 0.00503. The lowest BCUT2D eigenvalue weighted by Gasteiger charge is -2.23. The lowest BCUT2D eigenvalue weighted by Crippen LogP contribution is -2.42. The zero-order valence-electron chi connectivity index (χ0n) is 12.9. The Morgan fingerprint density at radius 2 is 1.90 bits per heavy atom. The van der Waals surface area contributed by atoms with Gasteiger partial charge < -0.3 is 15.2 Å². The molecule has 0 heterocycles. The molecule has 5 nitrogen and oxygen atoms in total. The van der Waals surface area contributed by atoms with Crippen molar-refractivity contribution < 1.29 is 19.4 Å². The standard InChI is InChI=1S/C16H23NO4/c1-5-21-15(20)13(17-10-18)14(19)11-6-8-12(9-7-11)16(2,3)4/h6-10,13-14,19H,5H2,1-4H3,(H,17,18). The molecule has 0 bridgehead atoms. The summed E-state index contributed by atoms with van der Waals surface area (Å²) in [5, 5.41) is 12.6. The molecule has 1 amide bonds. The highest BCUT2D eigenvalue weighted by Crippen LogP contribution is 2.25. The average molecular weight is 293 g/mol. The van der Waals surface area contributed by atoms with Gasteiger partial charge in [-0.25, -0.2) is 4.79 Å². The summed E-state index contributed by atoms with van der Waals surface area (Å²) < 4.78 is 4.86. The van der Waals surface area contributed by atoms with Gasteiger partial charge in [0.15, 0.2) is 6.04 Å². The highest BCUT2D eigenvalue weighted by atomic mass is 16.5. The normalized spacial score (nSPS) is 14.1. The molecule has 2 N–H and O–H groups in total. The van der Waals surface area contributed by atoms with E-state index in [4.69, 9.17) is 4.74 Å². The molecule has 0 radical (unpaired) electrons. The number of aliphatic hydroxyl groups is 1. The van der Waals surface area contributed by atoms with Crippen molar-refractivity contribution in [3.8, 4) is 0 Å². The van der Waals surface area contributed by atoms with Gasteiger partial charge in [0.05, 0.1) is 6.61 Å². The summed E-state index contributed by atoms with van der Waals surface area (Å²) in [6.45, 7) is 8.13. The number of esters is 1. The number of hydrogen-bond acceptors (Lipinski definition) is 4. The molecule has 0 saturated carbocycles. The first-order chi connectivity index (χ1) is 9.81. The van der Waals surface area contributed by atoms with E-state index < -0.39 is 18.1 Å². The first-order valence-electron chi connectivity index (χ1n) is 6.96. The van der Waals surface area contributed by atoms with E-state index >= 15 is 0 Å². The van der Waals surface area contributed by atoms with E-state index in [0.29, 0.717) is 12.0 Å². The summed E-state index contributed by atoms with van der Waals surface area (Å²) in [6, 6.07) is 6.21. The molecule has 0 aliphatic rings. The van der Waals surface area contributed by atoms with Gasteiger partial charge in [0.25, 0.3) is 0 Å². The number of aliphatic hydroxyl groups excluding tert-OH is 1. The van der Waals surface area contributed by atoms with Crippen LogP contribution < -0.4 is 5.32 Å². The minimum atomic E-state index is -1.15. The second-order valence-corrected chi connectivity index (χ2v) is 5.83. The molecule has 5 heteroatoms. The Hall–Kier alpha value is -1.88. The zero-order valence-corrected chi connectivity index (χ0v) is 12.9. The van der Waals surface area contributed by atoms with E-state index in [1.54, 1.807) is 19.1 Å². The van der Waals surface area contributed by atoms with Crippen molar-refractivity contribution in [1.82, 2.24) is 5.32 Å². The maximum Gasteiger partial charge on any atom is 0.331 e. The first kappa shape index (κ1) is 17.2. The number of ether oxygens (including phenoxy) is 1. The van der Waals surface area contributed by atoms with Crippen LogP contribution in [0.5, 0.6) is 0 Å². The fraction of sp³-hybridized carbons (Fsp3) is 0.500. The van der Waals surface area contributed by atoms with Crippen LogP contribution in [0.25, 0.3) is 0 Å². The van der Waals surface area contributed by atoms with Crippen molar-refractivity contribution in [3.63, 3.8) is 0 Å². The molecule has 0 aromatic heterocycles. The third-order valence-corrected chi connectivity index (χ3v) is 3.22. The van der Waals surface area contributed by atoms with Crippen molar-refractivity contribution in [2.75, 3.05) is 6.61 Å². The second kappa shape index (κ2) is 7.22. The highest BCUT2D eigenvalue weighted by Gasteiger charge is 2.29. The van der Waals surface area contributed by atoms with Crippen LogP contribution >= 0.6 is 0 Å². The largest absolute Gasteiger partial charge is 0.464 e. The maximum atomic E-state index is 11.8. The monoisotopic (exact) mass is 293 g/mol. The Morgan fingerprint density at radius 3 is 2.33 bits per heavy atom. The summed E-state index contributed by atoms with van der Waals surface area (Å²) >= 11 is 0. The molecule has 0 aliphatic heterocycles. The summed E-state index contributed by atoms with van der Waals surface area (Å²) in [5.74, 6) is -0.656. The van der Waals surface area contributed by atoms with Crippen LogP contribution in [0.15, 0.2) is 24.3 Å².